The van der Waals surface area contributed by atoms with Gasteiger partial charge in [-0.15, -0.1) is 24.0 Å². The Morgan fingerprint density at radius 2 is 1.72 bits per heavy atom. The molecule has 3 heterocycles. The maximum absolute atomic E-state index is 4.58. The van der Waals surface area contributed by atoms with E-state index in [2.05, 4.69) is 58.1 Å². The second kappa shape index (κ2) is 11.5. The van der Waals surface area contributed by atoms with Crippen molar-refractivity contribution >= 4 is 29.9 Å². The van der Waals surface area contributed by atoms with Crippen LogP contribution in [0.4, 0.5) is 0 Å². The third-order valence-electron chi connectivity index (χ3n) is 7.45. The first-order chi connectivity index (χ1) is 13.4. The SMILES string of the molecule is CN=C(NCC1(N2CCCCC2)CCN(C)CC1)NC1CN(C(C)C)CC1C.I. The highest BCUT2D eigenvalue weighted by Crippen LogP contribution is 2.31. The molecule has 3 fully saturated rings. The fourth-order valence-electron chi connectivity index (χ4n) is 5.24. The van der Waals surface area contributed by atoms with Crippen LogP contribution in [0.15, 0.2) is 4.99 Å². The van der Waals surface area contributed by atoms with Crippen LogP contribution in [0.3, 0.4) is 0 Å². The lowest BCUT2D eigenvalue weighted by molar-refractivity contribution is 0.0173. The molecule has 6 nitrogen and oxygen atoms in total. The Morgan fingerprint density at radius 1 is 1.07 bits per heavy atom. The number of likely N-dealkylation sites (tertiary alicyclic amines) is 3. The van der Waals surface area contributed by atoms with Crippen molar-refractivity contribution in [3.05, 3.63) is 0 Å². The zero-order valence-corrected chi connectivity index (χ0v) is 21.7. The number of aliphatic imine (C=N–C) groups is 1. The van der Waals surface area contributed by atoms with Gasteiger partial charge in [0, 0.05) is 44.3 Å². The predicted octanol–water partition coefficient (Wildman–Crippen LogP) is 2.45. The molecule has 2 atom stereocenters. The minimum Gasteiger partial charge on any atom is -0.355 e. The van der Waals surface area contributed by atoms with Gasteiger partial charge in [0.25, 0.3) is 0 Å². The van der Waals surface area contributed by atoms with Crippen molar-refractivity contribution in [1.82, 2.24) is 25.3 Å². The van der Waals surface area contributed by atoms with Gasteiger partial charge in [-0.25, -0.2) is 0 Å². The number of hydrogen-bond donors (Lipinski definition) is 2. The first-order valence-corrected chi connectivity index (χ1v) is 11.6. The Hall–Kier alpha value is -0.120. The molecular weight excluding hydrogens is 475 g/mol. The van der Waals surface area contributed by atoms with E-state index in [-0.39, 0.29) is 29.5 Å². The average molecular weight is 521 g/mol. The number of nitrogens with zero attached hydrogens (tertiary/aromatic N) is 4. The average Bonchev–Trinajstić information content (AvgIpc) is 3.08. The molecular formula is C22H45IN6. The van der Waals surface area contributed by atoms with E-state index >= 15 is 0 Å². The summed E-state index contributed by atoms with van der Waals surface area (Å²) in [6.45, 7) is 15.2. The van der Waals surface area contributed by atoms with Gasteiger partial charge in [0.15, 0.2) is 5.96 Å². The van der Waals surface area contributed by atoms with Gasteiger partial charge in [0.1, 0.15) is 0 Å². The molecule has 0 amide bonds. The molecule has 0 radical (unpaired) electrons. The third kappa shape index (κ3) is 6.43. The number of nitrogens with one attached hydrogen (secondary N) is 2. The van der Waals surface area contributed by atoms with Crippen molar-refractivity contribution < 1.29 is 0 Å². The van der Waals surface area contributed by atoms with Crippen LogP contribution in [-0.4, -0.2) is 98.2 Å². The van der Waals surface area contributed by atoms with E-state index in [1.807, 2.05) is 7.05 Å². The lowest BCUT2D eigenvalue weighted by atomic mass is 9.84. The molecule has 3 saturated heterocycles. The molecule has 170 valence electrons. The first-order valence-electron chi connectivity index (χ1n) is 11.6. The van der Waals surface area contributed by atoms with Gasteiger partial charge in [-0.1, -0.05) is 13.3 Å². The molecule has 2 N–H and O–H groups in total. The maximum atomic E-state index is 4.58. The topological polar surface area (TPSA) is 46.1 Å². The summed E-state index contributed by atoms with van der Waals surface area (Å²) in [7, 11) is 4.17. The Balaban J connectivity index is 0.00000300. The molecule has 0 saturated carbocycles. The highest BCUT2D eigenvalue weighted by atomic mass is 127. The second-order valence-corrected chi connectivity index (χ2v) is 9.78. The minimum absolute atomic E-state index is 0. The van der Waals surface area contributed by atoms with Crippen molar-refractivity contribution in [2.75, 3.05) is 59.9 Å². The number of rotatable bonds is 5. The van der Waals surface area contributed by atoms with Gasteiger partial charge >= 0.3 is 0 Å². The summed E-state index contributed by atoms with van der Waals surface area (Å²) in [4.78, 5) is 12.4. The molecule has 3 rings (SSSR count). The molecule has 2 unspecified atom stereocenters. The lowest BCUT2D eigenvalue weighted by Crippen LogP contribution is -2.62. The summed E-state index contributed by atoms with van der Waals surface area (Å²) in [6, 6.07) is 1.10. The summed E-state index contributed by atoms with van der Waals surface area (Å²) in [5.74, 6) is 1.64. The highest BCUT2D eigenvalue weighted by Gasteiger charge is 2.40. The molecule has 0 aromatic carbocycles. The standard InChI is InChI=1S/C22H44N6.HI/c1-18(2)27-15-19(3)20(16-27)25-21(23-4)24-17-22(9-13-26(5)14-10-22)28-11-7-6-8-12-28;/h18-20H,6-17H2,1-5H3,(H2,23,24,25);1H. The maximum Gasteiger partial charge on any atom is 0.191 e. The Bertz CT molecular complexity index is 511. The van der Waals surface area contributed by atoms with Gasteiger partial charge in [-0.2, -0.15) is 0 Å². The molecule has 0 aromatic rings. The monoisotopic (exact) mass is 520 g/mol. The van der Waals surface area contributed by atoms with Crippen LogP contribution in [0.1, 0.15) is 52.9 Å². The van der Waals surface area contributed by atoms with Gasteiger partial charge in [0.2, 0.25) is 0 Å². The van der Waals surface area contributed by atoms with Crippen molar-refractivity contribution in [3.63, 3.8) is 0 Å². The van der Waals surface area contributed by atoms with Crippen LogP contribution >= 0.6 is 24.0 Å². The van der Waals surface area contributed by atoms with Crippen molar-refractivity contribution in [1.29, 1.82) is 0 Å². The minimum atomic E-state index is 0. The number of guanidine groups is 1. The summed E-state index contributed by atoms with van der Waals surface area (Å²) >= 11 is 0. The normalized spacial score (nSPS) is 29.7. The molecule has 0 aromatic heterocycles. The number of hydrogen-bond acceptors (Lipinski definition) is 4. The zero-order valence-electron chi connectivity index (χ0n) is 19.4. The fraction of sp³-hybridized carbons (Fsp3) is 0.955. The highest BCUT2D eigenvalue weighted by molar-refractivity contribution is 14.0. The Labute approximate surface area is 196 Å². The number of piperidine rings is 2. The quantitative estimate of drug-likeness (QED) is 0.332. The summed E-state index contributed by atoms with van der Waals surface area (Å²) in [5.41, 5.74) is 0.288. The Kier molecular flexibility index (Phi) is 9.96. The van der Waals surface area contributed by atoms with Crippen LogP contribution in [0.2, 0.25) is 0 Å². The van der Waals surface area contributed by atoms with Gasteiger partial charge < -0.3 is 15.5 Å². The first kappa shape index (κ1) is 25.1. The largest absolute Gasteiger partial charge is 0.355 e. The summed E-state index contributed by atoms with van der Waals surface area (Å²) < 4.78 is 0. The molecule has 3 aliphatic heterocycles. The van der Waals surface area contributed by atoms with Crippen molar-refractivity contribution in [2.45, 2.75) is 70.5 Å². The van der Waals surface area contributed by atoms with Gasteiger partial charge in [-0.05, 0) is 78.7 Å². The van der Waals surface area contributed by atoms with Crippen LogP contribution in [0.5, 0.6) is 0 Å². The molecule has 0 aliphatic carbocycles. The molecule has 0 bridgehead atoms. The smallest absolute Gasteiger partial charge is 0.191 e. The van der Waals surface area contributed by atoms with E-state index in [9.17, 15) is 0 Å². The molecule has 7 heteroatoms. The van der Waals surface area contributed by atoms with Gasteiger partial charge in [-0.3, -0.25) is 14.8 Å². The van der Waals surface area contributed by atoms with E-state index in [0.717, 1.165) is 19.0 Å². The van der Waals surface area contributed by atoms with E-state index in [1.165, 1.54) is 64.8 Å². The van der Waals surface area contributed by atoms with E-state index in [4.69, 9.17) is 0 Å². The van der Waals surface area contributed by atoms with E-state index in [0.29, 0.717) is 18.0 Å². The van der Waals surface area contributed by atoms with E-state index < -0.39 is 0 Å². The molecule has 3 aliphatic rings. The zero-order chi connectivity index (χ0) is 20.1. The summed E-state index contributed by atoms with van der Waals surface area (Å²) in [5, 5.41) is 7.48. The lowest BCUT2D eigenvalue weighted by Gasteiger charge is -2.50. The Morgan fingerprint density at radius 3 is 2.28 bits per heavy atom. The van der Waals surface area contributed by atoms with Crippen LogP contribution in [0, 0.1) is 5.92 Å². The summed E-state index contributed by atoms with van der Waals surface area (Å²) in [6.07, 6.45) is 6.63. The predicted molar refractivity (Wildman–Crippen MR) is 134 cm³/mol. The van der Waals surface area contributed by atoms with Crippen LogP contribution in [0.25, 0.3) is 0 Å². The van der Waals surface area contributed by atoms with Crippen LogP contribution in [-0.2, 0) is 0 Å². The van der Waals surface area contributed by atoms with Crippen LogP contribution < -0.4 is 10.6 Å². The van der Waals surface area contributed by atoms with Crippen molar-refractivity contribution in [3.8, 4) is 0 Å². The molecule has 29 heavy (non-hydrogen) atoms. The number of halogens is 1. The van der Waals surface area contributed by atoms with Crippen molar-refractivity contribution in [2.24, 2.45) is 10.9 Å². The second-order valence-electron chi connectivity index (χ2n) is 9.78. The fourth-order valence-corrected chi connectivity index (χ4v) is 5.24. The van der Waals surface area contributed by atoms with Gasteiger partial charge in [0.05, 0.1) is 0 Å². The molecule has 0 spiro atoms. The third-order valence-corrected chi connectivity index (χ3v) is 7.45. The van der Waals surface area contributed by atoms with E-state index in [1.54, 1.807) is 0 Å².